The summed E-state index contributed by atoms with van der Waals surface area (Å²) in [6.45, 7) is 0. The van der Waals surface area contributed by atoms with E-state index in [4.69, 9.17) is 0 Å². The zero-order chi connectivity index (χ0) is 8.55. The van der Waals surface area contributed by atoms with E-state index in [0.717, 1.165) is 5.39 Å². The molecule has 0 spiro atoms. The molecule has 4 heteroatoms. The zero-order valence-corrected chi connectivity index (χ0v) is 7.55. The van der Waals surface area contributed by atoms with Gasteiger partial charge in [0.05, 0.1) is 5.52 Å². The Balaban J connectivity index is 2.89. The van der Waals surface area contributed by atoms with Gasteiger partial charge in [0.25, 0.3) is 0 Å². The van der Waals surface area contributed by atoms with Gasteiger partial charge in [-0.25, -0.2) is 4.98 Å². The Kier molecular flexibility index (Phi) is 1.77. The summed E-state index contributed by atoms with van der Waals surface area (Å²) in [6, 6.07) is 7.24. The third kappa shape index (κ3) is 1.18. The highest BCUT2D eigenvalue weighted by atomic mass is 79.9. The summed E-state index contributed by atoms with van der Waals surface area (Å²) in [7, 11) is 0. The van der Waals surface area contributed by atoms with E-state index in [1.54, 1.807) is 12.1 Å². The van der Waals surface area contributed by atoms with Crippen LogP contribution in [-0.2, 0) is 0 Å². The van der Waals surface area contributed by atoms with Crippen LogP contribution in [0.3, 0.4) is 0 Å². The van der Waals surface area contributed by atoms with Gasteiger partial charge >= 0.3 is 6.08 Å². The second-order valence-corrected chi connectivity index (χ2v) is 3.05. The average Bonchev–Trinajstić information content (AvgIpc) is 2.04. The number of benzene rings is 1. The number of fused-ring (bicyclic) bond motifs is 1. The summed E-state index contributed by atoms with van der Waals surface area (Å²) in [6.07, 6.45) is -0.708. The zero-order valence-electron chi connectivity index (χ0n) is 5.96. The Morgan fingerprint density at radius 3 is 2.75 bits per heavy atom. The van der Waals surface area contributed by atoms with Crippen LogP contribution in [0.2, 0.25) is 0 Å². The van der Waals surface area contributed by atoms with Gasteiger partial charge in [-0.15, -0.1) is 0 Å². The summed E-state index contributed by atoms with van der Waals surface area (Å²) in [5.74, 6) is 0. The molecule has 0 unspecified atom stereocenters. The van der Waals surface area contributed by atoms with Crippen molar-refractivity contribution < 1.29 is 4.39 Å². The molecule has 0 aliphatic heterocycles. The van der Waals surface area contributed by atoms with Crippen LogP contribution >= 0.6 is 15.9 Å². The molecule has 0 aliphatic rings. The average molecular weight is 227 g/mol. The van der Waals surface area contributed by atoms with E-state index in [0.29, 0.717) is 10.1 Å². The van der Waals surface area contributed by atoms with Crippen molar-refractivity contribution in [3.8, 4) is 0 Å². The molecule has 0 bridgehead atoms. The lowest BCUT2D eigenvalue weighted by Crippen LogP contribution is -1.90. The molecule has 12 heavy (non-hydrogen) atoms. The number of para-hydroxylation sites is 1. The monoisotopic (exact) mass is 226 g/mol. The van der Waals surface area contributed by atoms with Gasteiger partial charge < -0.3 is 0 Å². The third-order valence-corrected chi connectivity index (χ3v) is 2.13. The number of nitrogens with zero attached hydrogens (tertiary/aromatic N) is 2. The van der Waals surface area contributed by atoms with Crippen LogP contribution in [0.1, 0.15) is 0 Å². The van der Waals surface area contributed by atoms with Crippen molar-refractivity contribution in [2.45, 2.75) is 0 Å². The van der Waals surface area contributed by atoms with E-state index in [1.165, 1.54) is 0 Å². The fourth-order valence-electron chi connectivity index (χ4n) is 1.01. The maximum atomic E-state index is 12.6. The minimum atomic E-state index is -0.708. The van der Waals surface area contributed by atoms with Crippen molar-refractivity contribution in [1.29, 1.82) is 0 Å². The highest BCUT2D eigenvalue weighted by molar-refractivity contribution is 9.10. The first kappa shape index (κ1) is 7.61. The summed E-state index contributed by atoms with van der Waals surface area (Å²) >= 11 is 3.16. The normalized spacial score (nSPS) is 10.5. The van der Waals surface area contributed by atoms with Crippen LogP contribution in [0, 0.1) is 6.08 Å². The van der Waals surface area contributed by atoms with Gasteiger partial charge in [-0.2, -0.15) is 9.37 Å². The van der Waals surface area contributed by atoms with E-state index >= 15 is 0 Å². The fraction of sp³-hybridized carbons (Fsp3) is 0. The van der Waals surface area contributed by atoms with Crippen LogP contribution in [0.25, 0.3) is 10.9 Å². The van der Waals surface area contributed by atoms with Gasteiger partial charge in [0, 0.05) is 5.39 Å². The minimum Gasteiger partial charge on any atom is -0.202 e. The third-order valence-electron chi connectivity index (χ3n) is 1.53. The molecular formula is C8H4BrFN2. The van der Waals surface area contributed by atoms with Crippen LogP contribution in [-0.4, -0.2) is 9.97 Å². The summed E-state index contributed by atoms with van der Waals surface area (Å²) in [4.78, 5) is 7.17. The Labute approximate surface area is 76.6 Å². The second kappa shape index (κ2) is 2.79. The standard InChI is InChI=1S/C8H4BrFN2/c9-7-5-3-1-2-4-6(5)11-8(10)12-7/h1-4H. The maximum absolute atomic E-state index is 12.6. The van der Waals surface area contributed by atoms with Crippen molar-refractivity contribution in [3.63, 3.8) is 0 Å². The smallest absolute Gasteiger partial charge is 0.202 e. The highest BCUT2D eigenvalue weighted by Crippen LogP contribution is 2.19. The number of hydrogen-bond acceptors (Lipinski definition) is 2. The Bertz CT molecular complexity index is 430. The molecule has 0 saturated carbocycles. The minimum absolute atomic E-state index is 0.491. The molecule has 0 fully saturated rings. The summed E-state index contributed by atoms with van der Waals surface area (Å²) in [5, 5.41) is 0.818. The summed E-state index contributed by atoms with van der Waals surface area (Å²) < 4.78 is 13.1. The number of aromatic nitrogens is 2. The van der Waals surface area contributed by atoms with Gasteiger partial charge in [-0.3, -0.25) is 0 Å². The van der Waals surface area contributed by atoms with Crippen molar-refractivity contribution in [2.75, 3.05) is 0 Å². The molecule has 2 aromatic rings. The highest BCUT2D eigenvalue weighted by Gasteiger charge is 2.02. The van der Waals surface area contributed by atoms with E-state index in [-0.39, 0.29) is 0 Å². The van der Waals surface area contributed by atoms with Crippen molar-refractivity contribution >= 4 is 26.8 Å². The number of halogens is 2. The molecule has 1 aromatic carbocycles. The van der Waals surface area contributed by atoms with Crippen molar-refractivity contribution in [3.05, 3.63) is 34.9 Å². The van der Waals surface area contributed by atoms with Crippen LogP contribution < -0.4 is 0 Å². The van der Waals surface area contributed by atoms with Gasteiger partial charge in [0.2, 0.25) is 0 Å². The molecule has 0 aliphatic carbocycles. The molecule has 60 valence electrons. The topological polar surface area (TPSA) is 25.8 Å². The Hall–Kier alpha value is -1.03. The summed E-state index contributed by atoms with van der Waals surface area (Å²) in [5.41, 5.74) is 0.608. The molecule has 2 rings (SSSR count). The van der Waals surface area contributed by atoms with Crippen molar-refractivity contribution in [1.82, 2.24) is 9.97 Å². The first-order valence-electron chi connectivity index (χ1n) is 3.35. The molecular weight excluding hydrogens is 223 g/mol. The Morgan fingerprint density at radius 1 is 1.17 bits per heavy atom. The molecule has 0 radical (unpaired) electrons. The van der Waals surface area contributed by atoms with Gasteiger partial charge in [-0.1, -0.05) is 18.2 Å². The molecule has 1 heterocycles. The lowest BCUT2D eigenvalue weighted by Gasteiger charge is -1.97. The van der Waals surface area contributed by atoms with E-state index in [9.17, 15) is 4.39 Å². The largest absolute Gasteiger partial charge is 0.310 e. The van der Waals surface area contributed by atoms with Crippen molar-refractivity contribution in [2.24, 2.45) is 0 Å². The maximum Gasteiger partial charge on any atom is 0.310 e. The van der Waals surface area contributed by atoms with E-state index < -0.39 is 6.08 Å². The quantitative estimate of drug-likeness (QED) is 0.510. The number of rotatable bonds is 0. The first-order chi connectivity index (χ1) is 5.77. The SMILES string of the molecule is Fc1nc(Br)c2ccccc2n1. The lowest BCUT2D eigenvalue weighted by molar-refractivity contribution is 0.542. The molecule has 0 N–H and O–H groups in total. The van der Waals surface area contributed by atoms with Gasteiger partial charge in [-0.05, 0) is 22.0 Å². The molecule has 1 aromatic heterocycles. The van der Waals surface area contributed by atoms with Crippen LogP contribution in [0.4, 0.5) is 4.39 Å². The van der Waals surface area contributed by atoms with Crippen LogP contribution in [0.15, 0.2) is 28.9 Å². The Morgan fingerprint density at radius 2 is 1.92 bits per heavy atom. The van der Waals surface area contributed by atoms with Crippen LogP contribution in [0.5, 0.6) is 0 Å². The van der Waals surface area contributed by atoms with E-state index in [2.05, 4.69) is 25.9 Å². The predicted molar refractivity (Wildman–Crippen MR) is 47.2 cm³/mol. The van der Waals surface area contributed by atoms with Gasteiger partial charge in [0.15, 0.2) is 0 Å². The number of hydrogen-bond donors (Lipinski definition) is 0. The molecule has 2 nitrogen and oxygen atoms in total. The molecule has 0 saturated heterocycles. The van der Waals surface area contributed by atoms with Gasteiger partial charge in [0.1, 0.15) is 4.60 Å². The predicted octanol–water partition coefficient (Wildman–Crippen LogP) is 2.53. The first-order valence-corrected chi connectivity index (χ1v) is 4.14. The van der Waals surface area contributed by atoms with E-state index in [1.807, 2.05) is 12.1 Å². The molecule has 0 amide bonds. The fourth-order valence-corrected chi connectivity index (χ4v) is 1.49. The second-order valence-electron chi connectivity index (χ2n) is 2.30. The molecule has 0 atom stereocenters. The lowest BCUT2D eigenvalue weighted by atomic mass is 10.2.